The second kappa shape index (κ2) is 11.2. The number of amides is 1. The Morgan fingerprint density at radius 1 is 0.865 bits per heavy atom. The number of hydrazine groups is 1. The third kappa shape index (κ3) is 6.11. The highest BCUT2D eigenvalue weighted by atomic mass is 16.5. The molecular formula is C31H30N2O4. The largest absolute Gasteiger partial charge is 0.508 e. The molecule has 1 aliphatic heterocycles. The van der Waals surface area contributed by atoms with Gasteiger partial charge in [-0.15, -0.1) is 0 Å². The van der Waals surface area contributed by atoms with Crippen LogP contribution in [0.25, 0.3) is 28.0 Å². The van der Waals surface area contributed by atoms with Gasteiger partial charge >= 0.3 is 0 Å². The van der Waals surface area contributed by atoms with Crippen LogP contribution in [0.3, 0.4) is 0 Å². The molecule has 0 aromatic heterocycles. The number of rotatable bonds is 7. The van der Waals surface area contributed by atoms with Gasteiger partial charge in [0.15, 0.2) is 0 Å². The maximum Gasteiger partial charge on any atom is 0.238 e. The lowest BCUT2D eigenvalue weighted by Gasteiger charge is -2.26. The van der Waals surface area contributed by atoms with Crippen LogP contribution in [0.2, 0.25) is 0 Å². The molecule has 5 rings (SSSR count). The molecule has 6 nitrogen and oxygen atoms in total. The number of phenols is 2. The van der Waals surface area contributed by atoms with Crippen molar-refractivity contribution in [2.24, 2.45) is 0 Å². The Labute approximate surface area is 216 Å². The summed E-state index contributed by atoms with van der Waals surface area (Å²) in [5.74, 6) is 1.73. The van der Waals surface area contributed by atoms with E-state index in [1.165, 1.54) is 6.42 Å². The van der Waals surface area contributed by atoms with Gasteiger partial charge in [-0.2, -0.15) is 0 Å². The zero-order valence-corrected chi connectivity index (χ0v) is 20.6. The molecule has 0 saturated carbocycles. The number of carbonyl (C=O) groups excluding carboxylic acids is 1. The molecule has 0 atom stereocenters. The third-order valence-electron chi connectivity index (χ3n) is 6.48. The van der Waals surface area contributed by atoms with Crippen LogP contribution in [0.15, 0.2) is 84.9 Å². The van der Waals surface area contributed by atoms with E-state index >= 15 is 0 Å². The first kappa shape index (κ1) is 24.4. The van der Waals surface area contributed by atoms with Gasteiger partial charge in [-0.25, -0.2) is 5.01 Å². The Hall–Kier alpha value is -4.29. The van der Waals surface area contributed by atoms with Crippen LogP contribution in [-0.4, -0.2) is 34.2 Å². The smallest absolute Gasteiger partial charge is 0.238 e. The number of carbonyl (C=O) groups is 1. The molecule has 1 heterocycles. The molecule has 1 amide bonds. The van der Waals surface area contributed by atoms with Crippen LogP contribution in [0.1, 0.15) is 31.2 Å². The van der Waals surface area contributed by atoms with Crippen molar-refractivity contribution < 1.29 is 19.7 Å². The molecule has 37 heavy (non-hydrogen) atoms. The van der Waals surface area contributed by atoms with Crippen molar-refractivity contribution in [2.75, 3.05) is 13.1 Å². The van der Waals surface area contributed by atoms with Crippen LogP contribution in [0.5, 0.6) is 23.0 Å². The lowest BCUT2D eigenvalue weighted by Crippen LogP contribution is -2.44. The Balaban J connectivity index is 1.32. The van der Waals surface area contributed by atoms with Gasteiger partial charge in [-0.05, 0) is 77.9 Å². The molecule has 6 heteroatoms. The molecular weight excluding hydrogens is 464 g/mol. The van der Waals surface area contributed by atoms with E-state index in [-0.39, 0.29) is 17.4 Å². The van der Waals surface area contributed by atoms with E-state index < -0.39 is 0 Å². The average Bonchev–Trinajstić information content (AvgIpc) is 2.91. The molecule has 4 aromatic carbocycles. The first-order valence-corrected chi connectivity index (χ1v) is 12.6. The topological polar surface area (TPSA) is 82.0 Å². The highest BCUT2D eigenvalue weighted by Crippen LogP contribution is 2.40. The van der Waals surface area contributed by atoms with Crippen molar-refractivity contribution in [2.45, 2.75) is 25.7 Å². The molecule has 1 fully saturated rings. The van der Waals surface area contributed by atoms with E-state index in [1.807, 2.05) is 71.8 Å². The fourth-order valence-electron chi connectivity index (χ4n) is 4.56. The summed E-state index contributed by atoms with van der Waals surface area (Å²) in [6, 6.07) is 23.8. The number of hydrogen-bond acceptors (Lipinski definition) is 5. The third-order valence-corrected chi connectivity index (χ3v) is 6.48. The maximum atomic E-state index is 12.2. The molecule has 188 valence electrons. The summed E-state index contributed by atoms with van der Waals surface area (Å²) in [4.78, 5) is 12.2. The molecule has 1 saturated heterocycles. The van der Waals surface area contributed by atoms with Gasteiger partial charge in [0.2, 0.25) is 5.91 Å². The molecule has 0 unspecified atom stereocenters. The van der Waals surface area contributed by atoms with Gasteiger partial charge in [0.05, 0.1) is 0 Å². The van der Waals surface area contributed by atoms with E-state index in [0.717, 1.165) is 53.4 Å². The van der Waals surface area contributed by atoms with E-state index in [9.17, 15) is 15.0 Å². The highest BCUT2D eigenvalue weighted by molar-refractivity contribution is 5.96. The zero-order valence-electron chi connectivity index (χ0n) is 20.6. The molecule has 3 N–H and O–H groups in total. The van der Waals surface area contributed by atoms with Crippen LogP contribution < -0.4 is 10.2 Å². The first-order valence-electron chi connectivity index (χ1n) is 12.6. The summed E-state index contributed by atoms with van der Waals surface area (Å²) < 4.78 is 6.39. The Bertz CT molecular complexity index is 1410. The summed E-state index contributed by atoms with van der Waals surface area (Å²) in [5.41, 5.74) is 5.73. The van der Waals surface area contributed by atoms with Crippen molar-refractivity contribution in [1.29, 1.82) is 0 Å². The molecule has 4 aromatic rings. The monoisotopic (exact) mass is 494 g/mol. The van der Waals surface area contributed by atoms with Gasteiger partial charge in [-0.1, -0.05) is 48.9 Å². The van der Waals surface area contributed by atoms with Gasteiger partial charge in [0.25, 0.3) is 0 Å². The number of benzene rings is 4. The van der Waals surface area contributed by atoms with E-state index in [1.54, 1.807) is 24.3 Å². The quantitative estimate of drug-likeness (QED) is 0.269. The van der Waals surface area contributed by atoms with Gasteiger partial charge < -0.3 is 14.9 Å². The molecule has 0 radical (unpaired) electrons. The highest BCUT2D eigenvalue weighted by Gasteiger charge is 2.14. The average molecular weight is 495 g/mol. The summed E-state index contributed by atoms with van der Waals surface area (Å²) in [6.45, 7) is 1.84. The zero-order chi connectivity index (χ0) is 25.6. The van der Waals surface area contributed by atoms with Crippen molar-refractivity contribution in [1.82, 2.24) is 10.4 Å². The van der Waals surface area contributed by atoms with E-state index in [4.69, 9.17) is 4.74 Å². The predicted molar refractivity (Wildman–Crippen MR) is 146 cm³/mol. The van der Waals surface area contributed by atoms with Crippen LogP contribution in [0, 0.1) is 0 Å². The van der Waals surface area contributed by atoms with Crippen molar-refractivity contribution in [3.8, 4) is 34.1 Å². The first-order chi connectivity index (χ1) is 18.0. The van der Waals surface area contributed by atoms with Crippen molar-refractivity contribution >= 4 is 22.8 Å². The number of nitrogens with one attached hydrogen (secondary N) is 1. The molecule has 0 aliphatic carbocycles. The fraction of sp³-hybridized carbons (Fsp3) is 0.194. The van der Waals surface area contributed by atoms with E-state index in [2.05, 4.69) is 5.43 Å². The van der Waals surface area contributed by atoms with Crippen molar-refractivity contribution in [3.63, 3.8) is 0 Å². The summed E-state index contributed by atoms with van der Waals surface area (Å²) in [5, 5.41) is 23.4. The molecule has 0 spiro atoms. The number of nitrogens with zero attached hydrogens (tertiary/aromatic N) is 1. The summed E-state index contributed by atoms with van der Waals surface area (Å²) in [7, 11) is 0. The Kier molecular flexibility index (Phi) is 7.38. The van der Waals surface area contributed by atoms with Gasteiger partial charge in [0.1, 0.15) is 23.0 Å². The number of piperidine rings is 1. The number of ether oxygens (including phenoxy) is 1. The second-order valence-electron chi connectivity index (χ2n) is 9.25. The molecule has 1 aliphatic rings. The summed E-state index contributed by atoms with van der Waals surface area (Å²) >= 11 is 0. The minimum absolute atomic E-state index is 0.00172. The summed E-state index contributed by atoms with van der Waals surface area (Å²) in [6.07, 6.45) is 7.61. The number of fused-ring (bicyclic) bond motifs is 1. The number of hydrogen-bond donors (Lipinski definition) is 3. The van der Waals surface area contributed by atoms with Crippen molar-refractivity contribution in [3.05, 3.63) is 90.5 Å². The fourth-order valence-corrected chi connectivity index (χ4v) is 4.56. The van der Waals surface area contributed by atoms with E-state index in [0.29, 0.717) is 17.9 Å². The van der Waals surface area contributed by atoms with Gasteiger partial charge in [-0.3, -0.25) is 10.2 Å². The van der Waals surface area contributed by atoms with Crippen LogP contribution in [0.4, 0.5) is 0 Å². The lowest BCUT2D eigenvalue weighted by molar-refractivity contribution is -0.125. The standard InChI is InChI=1S/C31H30N2O4/c34-25-12-9-23(10-13-25)28-17-11-24-21-26(35)14-18-29(24)31(28)37-27-15-7-22(8-16-27)5-4-6-30(36)32-33-19-2-1-3-20-33/h4-5,7-18,21,34-35H,1-3,6,19-20H2,(H,32,36). The second-order valence-corrected chi connectivity index (χ2v) is 9.25. The predicted octanol–water partition coefficient (Wildman–Crippen LogP) is 6.63. The molecule has 0 bridgehead atoms. The SMILES string of the molecule is O=C(CC=Cc1ccc(Oc2c(-c3ccc(O)cc3)ccc3cc(O)ccc23)cc1)NN1CCCCC1. The van der Waals surface area contributed by atoms with Gasteiger partial charge in [0, 0.05) is 30.5 Å². The Morgan fingerprint density at radius 3 is 2.35 bits per heavy atom. The number of phenolic OH excluding ortho intramolecular Hbond substituents is 2. The van der Waals surface area contributed by atoms with Crippen LogP contribution >= 0.6 is 0 Å². The minimum Gasteiger partial charge on any atom is -0.508 e. The lowest BCUT2D eigenvalue weighted by atomic mass is 9.99. The number of aromatic hydroxyl groups is 2. The maximum absolute atomic E-state index is 12.2. The normalized spacial score (nSPS) is 14.2. The van der Waals surface area contributed by atoms with Crippen LogP contribution in [-0.2, 0) is 4.79 Å². The Morgan fingerprint density at radius 2 is 1.59 bits per heavy atom. The minimum atomic E-state index is 0.00172.